The van der Waals surface area contributed by atoms with Crippen molar-refractivity contribution in [2.75, 3.05) is 11.4 Å². The fourth-order valence-corrected chi connectivity index (χ4v) is 4.69. The highest BCUT2D eigenvalue weighted by atomic mass is 19.1. The topological polar surface area (TPSA) is 118 Å². The highest BCUT2D eigenvalue weighted by Gasteiger charge is 2.57. The average molecular weight is 486 g/mol. The number of nitrogens with one attached hydrogen (secondary N) is 2. The fourth-order valence-electron chi connectivity index (χ4n) is 4.69. The van der Waals surface area contributed by atoms with Gasteiger partial charge in [0.1, 0.15) is 11.6 Å². The van der Waals surface area contributed by atoms with Crippen LogP contribution in [-0.4, -0.2) is 44.7 Å². The molecule has 2 aromatic carbocycles. The van der Waals surface area contributed by atoms with Crippen molar-refractivity contribution in [1.29, 1.82) is 0 Å². The van der Waals surface area contributed by atoms with Crippen LogP contribution in [0.1, 0.15) is 12.8 Å². The van der Waals surface area contributed by atoms with Crippen LogP contribution in [0.2, 0.25) is 0 Å². The zero-order chi connectivity index (χ0) is 24.9. The maximum atomic E-state index is 13.2. The third kappa shape index (κ3) is 3.52. The SMILES string of the molecule is O=C1NC(=O)C2(CCCN2c2ccc(Oc3ccc4nn(-c5ccc(F)cc5)cc4c3)nc2)C(=O)N1. The first-order valence-corrected chi connectivity index (χ1v) is 11.3. The lowest BCUT2D eigenvalue weighted by atomic mass is 9.92. The summed E-state index contributed by atoms with van der Waals surface area (Å²) >= 11 is 0. The molecule has 4 aromatic rings. The Morgan fingerprint density at radius 1 is 0.944 bits per heavy atom. The highest BCUT2D eigenvalue weighted by molar-refractivity contribution is 6.24. The Morgan fingerprint density at radius 3 is 2.42 bits per heavy atom. The maximum Gasteiger partial charge on any atom is 0.328 e. The second kappa shape index (κ2) is 8.15. The third-order valence-electron chi connectivity index (χ3n) is 6.41. The Kier molecular flexibility index (Phi) is 4.92. The van der Waals surface area contributed by atoms with Gasteiger partial charge in [0.05, 0.1) is 23.1 Å². The predicted octanol–water partition coefficient (Wildman–Crippen LogP) is 3.06. The quantitative estimate of drug-likeness (QED) is 0.426. The van der Waals surface area contributed by atoms with Crippen LogP contribution in [0, 0.1) is 5.82 Å². The summed E-state index contributed by atoms with van der Waals surface area (Å²) in [5.41, 5.74) is 0.567. The van der Waals surface area contributed by atoms with Crippen LogP contribution in [0.15, 0.2) is 67.0 Å². The number of amides is 4. The number of carbonyl (C=O) groups excluding carboxylic acids is 3. The molecule has 2 aromatic heterocycles. The molecule has 11 heteroatoms. The van der Waals surface area contributed by atoms with E-state index in [2.05, 4.69) is 20.7 Å². The molecule has 36 heavy (non-hydrogen) atoms. The second-order valence-electron chi connectivity index (χ2n) is 8.58. The molecule has 2 saturated heterocycles. The molecule has 0 unspecified atom stereocenters. The number of anilines is 1. The van der Waals surface area contributed by atoms with E-state index in [9.17, 15) is 18.8 Å². The number of halogens is 1. The first-order chi connectivity index (χ1) is 17.4. The minimum atomic E-state index is -1.48. The minimum Gasteiger partial charge on any atom is -0.439 e. The first-order valence-electron chi connectivity index (χ1n) is 11.3. The van der Waals surface area contributed by atoms with Gasteiger partial charge in [-0.2, -0.15) is 5.10 Å². The number of hydrogen-bond acceptors (Lipinski definition) is 7. The number of carbonyl (C=O) groups is 3. The van der Waals surface area contributed by atoms with Crippen molar-refractivity contribution in [3.05, 3.63) is 72.8 Å². The van der Waals surface area contributed by atoms with E-state index in [0.717, 1.165) is 16.6 Å². The molecule has 0 atom stereocenters. The lowest BCUT2D eigenvalue weighted by Gasteiger charge is -2.38. The smallest absolute Gasteiger partial charge is 0.328 e. The van der Waals surface area contributed by atoms with Crippen LogP contribution in [0.25, 0.3) is 16.6 Å². The number of fused-ring (bicyclic) bond motifs is 1. The van der Waals surface area contributed by atoms with E-state index >= 15 is 0 Å². The third-order valence-corrected chi connectivity index (χ3v) is 6.41. The zero-order valence-corrected chi connectivity index (χ0v) is 18.8. The summed E-state index contributed by atoms with van der Waals surface area (Å²) in [6.07, 6.45) is 4.26. The standard InChI is InChI=1S/C25H19FN6O4/c26-16-2-4-17(5-3-16)32-14-15-12-19(7-8-20(15)30-32)36-21-9-6-18(13-27-21)31-11-1-10-25(31)22(33)28-24(35)29-23(25)34/h2-9,12-14H,1,10-11H2,(H2,28,29,33,34,35). The number of rotatable bonds is 4. The van der Waals surface area contributed by atoms with Gasteiger partial charge in [-0.15, -0.1) is 0 Å². The Labute approximate surface area is 203 Å². The normalized spacial score (nSPS) is 16.9. The molecule has 180 valence electrons. The van der Waals surface area contributed by atoms with Crippen LogP contribution in [0.3, 0.4) is 0 Å². The molecule has 2 N–H and O–H groups in total. The van der Waals surface area contributed by atoms with Gasteiger partial charge in [-0.1, -0.05) is 0 Å². The molecule has 2 fully saturated rings. The van der Waals surface area contributed by atoms with Gasteiger partial charge in [-0.3, -0.25) is 20.2 Å². The van der Waals surface area contributed by atoms with Gasteiger partial charge in [0, 0.05) is 24.2 Å². The molecule has 4 amide bonds. The molecule has 1 spiro atoms. The molecule has 2 aliphatic rings. The summed E-state index contributed by atoms with van der Waals surface area (Å²) in [6.45, 7) is 0.464. The summed E-state index contributed by atoms with van der Waals surface area (Å²) < 4.78 is 20.8. The summed E-state index contributed by atoms with van der Waals surface area (Å²) in [5.74, 6) is -0.717. The number of benzene rings is 2. The number of barbiturate groups is 1. The minimum absolute atomic E-state index is 0.293. The van der Waals surface area contributed by atoms with Gasteiger partial charge < -0.3 is 9.64 Å². The van der Waals surface area contributed by atoms with Crippen molar-refractivity contribution >= 4 is 34.4 Å². The highest BCUT2D eigenvalue weighted by Crippen LogP contribution is 2.36. The largest absolute Gasteiger partial charge is 0.439 e. The Morgan fingerprint density at radius 2 is 1.69 bits per heavy atom. The first kappa shape index (κ1) is 21.7. The van der Waals surface area contributed by atoms with E-state index in [1.165, 1.54) is 18.3 Å². The molecule has 0 radical (unpaired) electrons. The van der Waals surface area contributed by atoms with Gasteiger partial charge in [-0.25, -0.2) is 18.9 Å². The number of aromatic nitrogens is 3. The van der Waals surface area contributed by atoms with Crippen molar-refractivity contribution in [1.82, 2.24) is 25.4 Å². The zero-order valence-electron chi connectivity index (χ0n) is 18.8. The number of urea groups is 1. The summed E-state index contributed by atoms with van der Waals surface area (Å²) in [4.78, 5) is 42.8. The number of imide groups is 2. The maximum absolute atomic E-state index is 13.2. The second-order valence-corrected chi connectivity index (χ2v) is 8.58. The Bertz CT molecular complexity index is 1500. The van der Waals surface area contributed by atoms with E-state index in [-0.39, 0.29) is 5.82 Å². The van der Waals surface area contributed by atoms with Crippen molar-refractivity contribution in [3.63, 3.8) is 0 Å². The lowest BCUT2D eigenvalue weighted by molar-refractivity contribution is -0.137. The Hall–Kier alpha value is -4.80. The molecule has 0 saturated carbocycles. The van der Waals surface area contributed by atoms with Crippen molar-refractivity contribution < 1.29 is 23.5 Å². The van der Waals surface area contributed by atoms with E-state index in [4.69, 9.17) is 4.74 Å². The molecule has 0 aliphatic carbocycles. The van der Waals surface area contributed by atoms with Crippen LogP contribution in [0.4, 0.5) is 14.9 Å². The van der Waals surface area contributed by atoms with E-state index in [1.807, 2.05) is 18.3 Å². The van der Waals surface area contributed by atoms with Gasteiger partial charge in [0.25, 0.3) is 11.8 Å². The molecule has 4 heterocycles. The van der Waals surface area contributed by atoms with Crippen LogP contribution < -0.4 is 20.3 Å². The van der Waals surface area contributed by atoms with Crippen molar-refractivity contribution in [3.8, 4) is 17.3 Å². The molecular formula is C25H19FN6O4. The van der Waals surface area contributed by atoms with E-state index < -0.39 is 23.4 Å². The number of ether oxygens (including phenoxy) is 1. The van der Waals surface area contributed by atoms with Gasteiger partial charge in [0.15, 0.2) is 5.54 Å². The summed E-state index contributed by atoms with van der Waals surface area (Å²) in [6, 6.07) is 14.0. The Balaban J connectivity index is 1.22. The summed E-state index contributed by atoms with van der Waals surface area (Å²) in [5, 5.41) is 9.73. The number of nitrogens with zero attached hydrogens (tertiary/aromatic N) is 4. The molecule has 0 bridgehead atoms. The molecule has 6 rings (SSSR count). The monoisotopic (exact) mass is 486 g/mol. The molecule has 2 aliphatic heterocycles. The van der Waals surface area contributed by atoms with Crippen LogP contribution in [0.5, 0.6) is 11.6 Å². The summed E-state index contributed by atoms with van der Waals surface area (Å²) in [7, 11) is 0. The number of hydrogen-bond donors (Lipinski definition) is 2. The van der Waals surface area contributed by atoms with E-state index in [1.54, 1.807) is 39.9 Å². The van der Waals surface area contributed by atoms with Gasteiger partial charge in [0.2, 0.25) is 5.88 Å². The number of pyridine rings is 1. The lowest BCUT2D eigenvalue weighted by Crippen LogP contribution is -2.71. The average Bonchev–Trinajstić information content (AvgIpc) is 3.49. The fraction of sp³-hybridized carbons (Fsp3) is 0.160. The van der Waals surface area contributed by atoms with E-state index in [0.29, 0.717) is 36.7 Å². The van der Waals surface area contributed by atoms with Gasteiger partial charge in [-0.05, 0) is 61.4 Å². The molecule has 10 nitrogen and oxygen atoms in total. The van der Waals surface area contributed by atoms with Crippen molar-refractivity contribution in [2.24, 2.45) is 0 Å². The predicted molar refractivity (Wildman–Crippen MR) is 126 cm³/mol. The van der Waals surface area contributed by atoms with Crippen LogP contribution >= 0.6 is 0 Å². The van der Waals surface area contributed by atoms with Crippen molar-refractivity contribution in [2.45, 2.75) is 18.4 Å². The van der Waals surface area contributed by atoms with Crippen LogP contribution in [-0.2, 0) is 9.59 Å². The molecular weight excluding hydrogens is 467 g/mol. The van der Waals surface area contributed by atoms with Gasteiger partial charge >= 0.3 is 6.03 Å².